The van der Waals surface area contributed by atoms with Crippen LogP contribution < -0.4 is 5.32 Å². The maximum Gasteiger partial charge on any atom is 0.230 e. The molecule has 0 radical (unpaired) electrons. The molecule has 2 aromatic rings. The average Bonchev–Trinajstić information content (AvgIpc) is 2.91. The summed E-state index contributed by atoms with van der Waals surface area (Å²) in [6.07, 6.45) is 0.341. The quantitative estimate of drug-likeness (QED) is 0.917. The summed E-state index contributed by atoms with van der Waals surface area (Å²) < 4.78 is 36.4. The minimum absolute atomic E-state index is 0.0517. The molecule has 1 N–H and O–H groups in total. The second kappa shape index (κ2) is 4.78. The number of rotatable bonds is 2. The van der Waals surface area contributed by atoms with Gasteiger partial charge >= 0.3 is 0 Å². The number of anilines is 1. The molecule has 1 saturated heterocycles. The second-order valence-corrected chi connectivity index (χ2v) is 7.98. The number of amides is 1. The molecule has 20 heavy (non-hydrogen) atoms. The Morgan fingerprint density at radius 3 is 2.95 bits per heavy atom. The molecule has 1 atom stereocenters. The Bertz CT molecular complexity index is 785. The van der Waals surface area contributed by atoms with Gasteiger partial charge in [0.2, 0.25) is 5.91 Å². The van der Waals surface area contributed by atoms with E-state index >= 15 is 0 Å². The van der Waals surface area contributed by atoms with Gasteiger partial charge in [-0.05, 0) is 24.6 Å². The monoisotopic (exact) mass is 314 g/mol. The van der Waals surface area contributed by atoms with Crippen molar-refractivity contribution in [2.75, 3.05) is 16.8 Å². The lowest BCUT2D eigenvalue weighted by Gasteiger charge is -2.05. The van der Waals surface area contributed by atoms with E-state index in [1.54, 1.807) is 0 Å². The zero-order valence-corrected chi connectivity index (χ0v) is 11.9. The fourth-order valence-electron chi connectivity index (χ4n) is 2.16. The second-order valence-electron chi connectivity index (χ2n) is 4.72. The fraction of sp³-hybridized carbons (Fsp3) is 0.333. The summed E-state index contributed by atoms with van der Waals surface area (Å²) in [5.74, 6) is -1.29. The molecule has 2 heterocycles. The number of carbonyl (C=O) groups excluding carboxylic acids is 1. The molecular weight excluding hydrogens is 303 g/mol. The molecule has 1 aliphatic heterocycles. The normalized spacial score (nSPS) is 21.1. The highest BCUT2D eigenvalue weighted by Crippen LogP contribution is 2.28. The van der Waals surface area contributed by atoms with Crippen molar-refractivity contribution in [1.29, 1.82) is 0 Å². The van der Waals surface area contributed by atoms with Crippen LogP contribution in [0, 0.1) is 11.7 Å². The third kappa shape index (κ3) is 2.66. The van der Waals surface area contributed by atoms with E-state index in [2.05, 4.69) is 10.3 Å². The molecular formula is C12H11FN2O3S2. The zero-order chi connectivity index (χ0) is 14.3. The molecule has 0 bridgehead atoms. The van der Waals surface area contributed by atoms with Crippen LogP contribution in [0.4, 0.5) is 9.52 Å². The summed E-state index contributed by atoms with van der Waals surface area (Å²) in [5.41, 5.74) is 0.603. The van der Waals surface area contributed by atoms with Crippen LogP contribution >= 0.6 is 11.3 Å². The molecule has 0 aliphatic carbocycles. The van der Waals surface area contributed by atoms with Crippen LogP contribution in [0.1, 0.15) is 6.42 Å². The Hall–Kier alpha value is -1.54. The van der Waals surface area contributed by atoms with E-state index in [0.29, 0.717) is 21.8 Å². The molecule has 0 saturated carbocycles. The van der Waals surface area contributed by atoms with Gasteiger partial charge in [-0.15, -0.1) is 0 Å². The number of nitrogens with zero attached hydrogens (tertiary/aromatic N) is 1. The summed E-state index contributed by atoms with van der Waals surface area (Å²) in [6.45, 7) is 0. The van der Waals surface area contributed by atoms with E-state index in [4.69, 9.17) is 0 Å². The first-order valence-electron chi connectivity index (χ1n) is 6.00. The van der Waals surface area contributed by atoms with Gasteiger partial charge in [0.15, 0.2) is 15.0 Å². The number of carbonyl (C=O) groups is 1. The molecule has 8 heteroatoms. The van der Waals surface area contributed by atoms with Gasteiger partial charge in [-0.25, -0.2) is 17.8 Å². The molecule has 0 unspecified atom stereocenters. The van der Waals surface area contributed by atoms with E-state index in [1.807, 2.05) is 0 Å². The highest BCUT2D eigenvalue weighted by atomic mass is 32.2. The molecule has 106 valence electrons. The minimum Gasteiger partial charge on any atom is -0.302 e. The lowest BCUT2D eigenvalue weighted by Crippen LogP contribution is -2.23. The molecule has 1 amide bonds. The van der Waals surface area contributed by atoms with Crippen molar-refractivity contribution in [3.63, 3.8) is 0 Å². The Morgan fingerprint density at radius 1 is 1.45 bits per heavy atom. The molecule has 5 nitrogen and oxygen atoms in total. The van der Waals surface area contributed by atoms with Crippen LogP contribution in [0.15, 0.2) is 18.2 Å². The van der Waals surface area contributed by atoms with Gasteiger partial charge in [-0.3, -0.25) is 4.79 Å². The highest BCUT2D eigenvalue weighted by Gasteiger charge is 2.33. The first kappa shape index (κ1) is 13.4. The number of hydrogen-bond acceptors (Lipinski definition) is 5. The van der Waals surface area contributed by atoms with Gasteiger partial charge in [0.25, 0.3) is 0 Å². The van der Waals surface area contributed by atoms with Crippen LogP contribution in [-0.4, -0.2) is 30.8 Å². The van der Waals surface area contributed by atoms with E-state index in [9.17, 15) is 17.6 Å². The van der Waals surface area contributed by atoms with E-state index < -0.39 is 15.8 Å². The lowest BCUT2D eigenvalue weighted by atomic mass is 10.1. The van der Waals surface area contributed by atoms with Gasteiger partial charge < -0.3 is 5.32 Å². The van der Waals surface area contributed by atoms with Crippen LogP contribution in [0.5, 0.6) is 0 Å². The van der Waals surface area contributed by atoms with Gasteiger partial charge in [-0.1, -0.05) is 11.3 Å². The maximum atomic E-state index is 13.1. The van der Waals surface area contributed by atoms with Crippen molar-refractivity contribution in [3.8, 4) is 0 Å². The summed E-state index contributed by atoms with van der Waals surface area (Å²) in [5, 5.41) is 2.97. The van der Waals surface area contributed by atoms with Gasteiger partial charge in [0.05, 0.1) is 27.6 Å². The molecule has 1 aliphatic rings. The number of aromatic nitrogens is 1. The molecule has 1 fully saturated rings. The molecule has 1 aromatic carbocycles. The first-order valence-corrected chi connectivity index (χ1v) is 8.64. The topological polar surface area (TPSA) is 76.1 Å². The van der Waals surface area contributed by atoms with Gasteiger partial charge in [-0.2, -0.15) is 0 Å². The Morgan fingerprint density at radius 2 is 2.25 bits per heavy atom. The predicted molar refractivity (Wildman–Crippen MR) is 75.0 cm³/mol. The fourth-order valence-corrected chi connectivity index (χ4v) is 4.80. The average molecular weight is 314 g/mol. The number of fused-ring (bicyclic) bond motifs is 1. The number of hydrogen-bond donors (Lipinski definition) is 1. The van der Waals surface area contributed by atoms with Crippen molar-refractivity contribution in [3.05, 3.63) is 24.0 Å². The predicted octanol–water partition coefficient (Wildman–Crippen LogP) is 1.81. The Labute approximate surface area is 118 Å². The number of nitrogens with one attached hydrogen (secondary N) is 1. The Kier molecular flexibility index (Phi) is 3.21. The molecule has 3 rings (SSSR count). The van der Waals surface area contributed by atoms with Crippen LogP contribution in [-0.2, 0) is 14.6 Å². The Balaban J connectivity index is 1.78. The first-order chi connectivity index (χ1) is 9.43. The number of benzene rings is 1. The van der Waals surface area contributed by atoms with Crippen molar-refractivity contribution in [1.82, 2.24) is 4.98 Å². The number of sulfone groups is 1. The maximum absolute atomic E-state index is 13.1. The van der Waals surface area contributed by atoms with E-state index in [1.165, 1.54) is 29.5 Å². The highest BCUT2D eigenvalue weighted by molar-refractivity contribution is 7.91. The SMILES string of the molecule is O=C(Nc1nc2ccc(F)cc2s1)[C@H]1CCS(=O)(=O)C1. The summed E-state index contributed by atoms with van der Waals surface area (Å²) in [6, 6.07) is 4.19. The number of halogens is 1. The third-order valence-corrected chi connectivity index (χ3v) is 5.89. The van der Waals surface area contributed by atoms with Crippen molar-refractivity contribution in [2.45, 2.75) is 6.42 Å². The zero-order valence-electron chi connectivity index (χ0n) is 10.3. The summed E-state index contributed by atoms with van der Waals surface area (Å²) in [4.78, 5) is 16.1. The van der Waals surface area contributed by atoms with Crippen molar-refractivity contribution in [2.24, 2.45) is 5.92 Å². The van der Waals surface area contributed by atoms with Crippen molar-refractivity contribution < 1.29 is 17.6 Å². The van der Waals surface area contributed by atoms with Crippen molar-refractivity contribution >= 4 is 42.4 Å². The van der Waals surface area contributed by atoms with E-state index in [0.717, 1.165) is 0 Å². The summed E-state index contributed by atoms with van der Waals surface area (Å²) >= 11 is 1.17. The lowest BCUT2D eigenvalue weighted by molar-refractivity contribution is -0.119. The smallest absolute Gasteiger partial charge is 0.230 e. The van der Waals surface area contributed by atoms with Crippen LogP contribution in [0.3, 0.4) is 0 Å². The molecule has 1 aromatic heterocycles. The largest absolute Gasteiger partial charge is 0.302 e. The third-order valence-electron chi connectivity index (χ3n) is 3.18. The number of thiazole rings is 1. The summed E-state index contributed by atoms with van der Waals surface area (Å²) in [7, 11) is -3.09. The van der Waals surface area contributed by atoms with Crippen LogP contribution in [0.25, 0.3) is 10.2 Å². The molecule has 0 spiro atoms. The van der Waals surface area contributed by atoms with Crippen LogP contribution in [0.2, 0.25) is 0 Å². The van der Waals surface area contributed by atoms with Gasteiger partial charge in [0.1, 0.15) is 5.82 Å². The standard InChI is InChI=1S/C12H11FN2O3S2/c13-8-1-2-9-10(5-8)19-12(14-9)15-11(16)7-3-4-20(17,18)6-7/h1-2,5,7H,3-4,6H2,(H,14,15,16)/t7-/m0/s1. The van der Waals surface area contributed by atoms with E-state index in [-0.39, 0.29) is 23.2 Å². The van der Waals surface area contributed by atoms with Gasteiger partial charge in [0, 0.05) is 0 Å². The minimum atomic E-state index is -3.09.